The Morgan fingerprint density at radius 3 is 2.07 bits per heavy atom. The molecule has 0 unspecified atom stereocenters. The van der Waals surface area contributed by atoms with Crippen LogP contribution in [0.2, 0.25) is 0 Å². The Hall–Kier alpha value is -0.414. The number of rotatable bonds is 12. The number of hydrogen-bond donors (Lipinski definition) is 1. The second kappa shape index (κ2) is 13.8. The zero-order valence-electron chi connectivity index (χ0n) is 17.4. The first kappa shape index (κ1) is 26.6. The van der Waals surface area contributed by atoms with Gasteiger partial charge in [-0.3, -0.25) is 4.55 Å². The van der Waals surface area contributed by atoms with Crippen molar-refractivity contribution in [3.8, 4) is 17.2 Å². The van der Waals surface area contributed by atoms with Crippen LogP contribution < -0.4 is 61.2 Å². The third-order valence-corrected chi connectivity index (χ3v) is 5.64. The van der Waals surface area contributed by atoms with Crippen LogP contribution in [0.15, 0.2) is 47.4 Å². The Morgan fingerprint density at radius 1 is 0.897 bits per heavy atom. The molecule has 2 rings (SSSR count). The number of benzene rings is 2. The molecule has 154 valence electrons. The molecule has 0 spiro atoms. The Morgan fingerprint density at radius 2 is 1.48 bits per heavy atom. The molecule has 0 atom stereocenters. The number of hydrogen-bond acceptors (Lipinski definition) is 4. The van der Waals surface area contributed by atoms with Crippen molar-refractivity contribution >= 4 is 10.1 Å². The van der Waals surface area contributed by atoms with Crippen molar-refractivity contribution in [2.75, 3.05) is 0 Å². The van der Waals surface area contributed by atoms with E-state index in [9.17, 15) is 18.1 Å². The van der Waals surface area contributed by atoms with E-state index in [0.717, 1.165) is 37.8 Å². The van der Waals surface area contributed by atoms with Crippen LogP contribution in [-0.4, -0.2) is 13.0 Å². The maximum atomic E-state index is 12.4. The van der Waals surface area contributed by atoms with Crippen LogP contribution in [0.25, 0.3) is 0 Å². The standard InChI is InChI=1S/C22H30O5S.K/c1-2-3-4-5-6-7-8-12-15-19-21(28(24,25)26)17-16-20(23)22(19)27-18-13-10-9-11-14-18;/h9-11,13-14,16-17,23H,2-8,12,15H2,1H3,(H,24,25,26);/q;+1/p-1. The second-order valence-corrected chi connectivity index (χ2v) is 8.37. The van der Waals surface area contributed by atoms with Gasteiger partial charge < -0.3 is 9.84 Å². The quantitative estimate of drug-likeness (QED) is 0.309. The average molecular weight is 445 g/mol. The van der Waals surface area contributed by atoms with E-state index in [0.29, 0.717) is 12.2 Å². The first-order chi connectivity index (χ1) is 13.4. The van der Waals surface area contributed by atoms with Crippen molar-refractivity contribution < 1.29 is 74.2 Å². The molecule has 0 heterocycles. The van der Waals surface area contributed by atoms with Gasteiger partial charge in [-0.15, -0.1) is 0 Å². The topological polar surface area (TPSA) is 86.7 Å². The summed E-state index contributed by atoms with van der Waals surface area (Å²) in [6.07, 6.45) is 9.18. The van der Waals surface area contributed by atoms with Gasteiger partial charge in [-0.2, -0.15) is 8.42 Å². The second-order valence-electron chi connectivity index (χ2n) is 6.98. The molecule has 7 heteroatoms. The van der Waals surface area contributed by atoms with Gasteiger partial charge >= 0.3 is 51.4 Å². The van der Waals surface area contributed by atoms with Gasteiger partial charge in [0.25, 0.3) is 10.1 Å². The van der Waals surface area contributed by atoms with E-state index in [1.165, 1.54) is 25.7 Å². The number of para-hydroxylation sites is 1. The molecule has 0 aliphatic heterocycles. The smallest absolute Gasteiger partial charge is 0.870 e. The molecule has 29 heavy (non-hydrogen) atoms. The normalized spacial score (nSPS) is 11.1. The SMILES string of the molecule is CCCCCCCCCCc1c(S(=O)(=O)O)ccc([O-])c1Oc1ccccc1.[K+]. The third-order valence-electron chi connectivity index (χ3n) is 4.70. The Bertz CT molecular complexity index is 838. The summed E-state index contributed by atoms with van der Waals surface area (Å²) >= 11 is 0. The molecule has 0 fully saturated rings. The minimum absolute atomic E-state index is 0. The molecule has 0 aromatic heterocycles. The summed E-state index contributed by atoms with van der Waals surface area (Å²) in [4.78, 5) is -0.249. The van der Waals surface area contributed by atoms with Crippen LogP contribution >= 0.6 is 0 Å². The van der Waals surface area contributed by atoms with Crippen molar-refractivity contribution in [2.24, 2.45) is 0 Å². The Labute approximate surface area is 217 Å². The minimum Gasteiger partial charge on any atom is -0.870 e. The van der Waals surface area contributed by atoms with Crippen LogP contribution in [0.1, 0.15) is 63.9 Å². The van der Waals surface area contributed by atoms with Crippen LogP contribution in [-0.2, 0) is 16.5 Å². The number of ether oxygens (including phenoxy) is 1. The molecular weight excluding hydrogens is 415 g/mol. The Balaban J connectivity index is 0.00000420. The van der Waals surface area contributed by atoms with E-state index in [1.807, 2.05) is 6.07 Å². The maximum Gasteiger partial charge on any atom is 1.00 e. The van der Waals surface area contributed by atoms with Gasteiger partial charge in [0.05, 0.1) is 0 Å². The van der Waals surface area contributed by atoms with Gasteiger partial charge in [-0.1, -0.05) is 81.9 Å². The van der Waals surface area contributed by atoms with Gasteiger partial charge in [0, 0.05) is 5.56 Å². The Kier molecular flexibility index (Phi) is 12.7. The summed E-state index contributed by atoms with van der Waals surface area (Å²) in [5, 5.41) is 12.4. The van der Waals surface area contributed by atoms with Crippen molar-refractivity contribution in [2.45, 2.75) is 69.6 Å². The first-order valence-corrected chi connectivity index (χ1v) is 11.4. The van der Waals surface area contributed by atoms with Crippen molar-refractivity contribution in [3.05, 3.63) is 48.0 Å². The summed E-state index contributed by atoms with van der Waals surface area (Å²) < 4.78 is 38.9. The first-order valence-electron chi connectivity index (χ1n) is 9.96. The molecule has 0 amide bonds. The summed E-state index contributed by atoms with van der Waals surface area (Å²) in [5.74, 6) is 0.0272. The van der Waals surface area contributed by atoms with Crippen LogP contribution in [0.4, 0.5) is 0 Å². The monoisotopic (exact) mass is 444 g/mol. The summed E-state index contributed by atoms with van der Waals surface area (Å²) in [7, 11) is -4.44. The molecular formula is C22H29KO5S. The molecule has 0 saturated carbocycles. The molecule has 1 N–H and O–H groups in total. The van der Waals surface area contributed by atoms with E-state index in [1.54, 1.807) is 24.3 Å². The molecule has 0 aliphatic rings. The summed E-state index contributed by atoms with van der Waals surface area (Å²) in [6.45, 7) is 2.19. The van der Waals surface area contributed by atoms with Crippen molar-refractivity contribution in [1.29, 1.82) is 0 Å². The zero-order chi connectivity index (χ0) is 20.4. The molecule has 5 nitrogen and oxygen atoms in total. The molecule has 0 radical (unpaired) electrons. The van der Waals surface area contributed by atoms with E-state index < -0.39 is 15.9 Å². The van der Waals surface area contributed by atoms with E-state index in [2.05, 4.69) is 6.92 Å². The molecule has 2 aromatic carbocycles. The van der Waals surface area contributed by atoms with Crippen molar-refractivity contribution in [1.82, 2.24) is 0 Å². The van der Waals surface area contributed by atoms with Crippen LogP contribution in [0.5, 0.6) is 17.2 Å². The molecule has 2 aromatic rings. The predicted octanol–water partition coefficient (Wildman–Crippen LogP) is 2.49. The van der Waals surface area contributed by atoms with Gasteiger partial charge in [0.15, 0.2) is 0 Å². The summed E-state index contributed by atoms with van der Waals surface area (Å²) in [5.41, 5.74) is 0.254. The van der Waals surface area contributed by atoms with Crippen molar-refractivity contribution in [3.63, 3.8) is 0 Å². The maximum absolute atomic E-state index is 12.4. The van der Waals surface area contributed by atoms with E-state index >= 15 is 0 Å². The third kappa shape index (κ3) is 9.08. The van der Waals surface area contributed by atoms with Gasteiger partial charge in [0.1, 0.15) is 16.4 Å². The minimum atomic E-state index is -4.44. The van der Waals surface area contributed by atoms with Gasteiger partial charge in [0.2, 0.25) is 0 Å². The van der Waals surface area contributed by atoms with Gasteiger partial charge in [-0.25, -0.2) is 0 Å². The zero-order valence-corrected chi connectivity index (χ0v) is 21.3. The van der Waals surface area contributed by atoms with Crippen LogP contribution in [0, 0.1) is 0 Å². The molecule has 0 saturated heterocycles. The molecule has 0 aliphatic carbocycles. The largest absolute Gasteiger partial charge is 1.00 e. The summed E-state index contributed by atoms with van der Waals surface area (Å²) in [6, 6.07) is 11.0. The van der Waals surface area contributed by atoms with Gasteiger partial charge in [-0.05, 0) is 31.0 Å². The van der Waals surface area contributed by atoms with E-state index in [4.69, 9.17) is 4.74 Å². The predicted molar refractivity (Wildman–Crippen MR) is 109 cm³/mol. The fraction of sp³-hybridized carbons (Fsp3) is 0.455. The fourth-order valence-electron chi connectivity index (χ4n) is 3.22. The fourth-order valence-corrected chi connectivity index (χ4v) is 3.97. The van der Waals surface area contributed by atoms with Crippen LogP contribution in [0.3, 0.4) is 0 Å². The number of unbranched alkanes of at least 4 members (excludes halogenated alkanes) is 7. The average Bonchev–Trinajstić information content (AvgIpc) is 2.66. The molecule has 0 bridgehead atoms. The van der Waals surface area contributed by atoms with E-state index in [-0.39, 0.29) is 67.6 Å².